The molecule has 1 rings (SSSR count). The molecule has 0 unspecified atom stereocenters. The molecule has 0 saturated heterocycles. The Hall–Kier alpha value is -1.76. The molecule has 6 nitrogen and oxygen atoms in total. The minimum Gasteiger partial charge on any atom is -0.497 e. The van der Waals surface area contributed by atoms with Crippen molar-refractivity contribution in [3.63, 3.8) is 0 Å². The number of carbonyl (C=O) groups excluding carboxylic acids is 1. The summed E-state index contributed by atoms with van der Waals surface area (Å²) in [6.07, 6.45) is 2.10. The van der Waals surface area contributed by atoms with E-state index in [1.165, 1.54) is 4.31 Å². The summed E-state index contributed by atoms with van der Waals surface area (Å²) >= 11 is 0. The number of amides is 1. The zero-order valence-electron chi connectivity index (χ0n) is 12.6. The zero-order valence-corrected chi connectivity index (χ0v) is 13.4. The van der Waals surface area contributed by atoms with Gasteiger partial charge in [0.1, 0.15) is 5.75 Å². The minimum atomic E-state index is -3.44. The van der Waals surface area contributed by atoms with Crippen LogP contribution in [-0.2, 0) is 14.8 Å². The van der Waals surface area contributed by atoms with Crippen LogP contribution in [0.1, 0.15) is 19.8 Å². The Morgan fingerprint density at radius 3 is 2.38 bits per heavy atom. The topological polar surface area (TPSA) is 75.7 Å². The standard InChI is InChI=1S/C14H22N2O4S/c1-4-10-15-14(17)9-11-16(21(3,18)19)12-5-7-13(20-2)8-6-12/h5-8H,4,9-11H2,1-3H3,(H,15,17). The van der Waals surface area contributed by atoms with Crippen LogP contribution in [0.3, 0.4) is 0 Å². The average molecular weight is 314 g/mol. The van der Waals surface area contributed by atoms with Gasteiger partial charge in [0, 0.05) is 19.5 Å². The number of carbonyl (C=O) groups is 1. The molecule has 7 heteroatoms. The van der Waals surface area contributed by atoms with Gasteiger partial charge in [0.2, 0.25) is 15.9 Å². The molecule has 0 heterocycles. The number of benzene rings is 1. The lowest BCUT2D eigenvalue weighted by Gasteiger charge is -2.22. The van der Waals surface area contributed by atoms with Crippen LogP contribution < -0.4 is 14.4 Å². The molecule has 0 spiro atoms. The van der Waals surface area contributed by atoms with Crippen molar-refractivity contribution in [2.45, 2.75) is 19.8 Å². The first kappa shape index (κ1) is 17.3. The maximum Gasteiger partial charge on any atom is 0.232 e. The van der Waals surface area contributed by atoms with E-state index in [1.807, 2.05) is 6.92 Å². The summed E-state index contributed by atoms with van der Waals surface area (Å²) < 4.78 is 30.0. The van der Waals surface area contributed by atoms with Gasteiger partial charge < -0.3 is 10.1 Å². The van der Waals surface area contributed by atoms with E-state index in [4.69, 9.17) is 4.74 Å². The first-order chi connectivity index (χ1) is 9.88. The highest BCUT2D eigenvalue weighted by Crippen LogP contribution is 2.21. The Bertz CT molecular complexity index is 555. The predicted molar refractivity (Wildman–Crippen MR) is 83.1 cm³/mol. The number of ether oxygens (including phenoxy) is 1. The third-order valence-corrected chi connectivity index (χ3v) is 4.07. The molecule has 0 aliphatic heterocycles. The van der Waals surface area contributed by atoms with Gasteiger partial charge in [-0.2, -0.15) is 0 Å². The smallest absolute Gasteiger partial charge is 0.232 e. The third-order valence-electron chi connectivity index (χ3n) is 2.87. The Labute approximate surface area is 126 Å². The summed E-state index contributed by atoms with van der Waals surface area (Å²) in [6.45, 7) is 2.67. The molecule has 0 saturated carbocycles. The van der Waals surface area contributed by atoms with Crippen molar-refractivity contribution in [3.05, 3.63) is 24.3 Å². The van der Waals surface area contributed by atoms with Crippen LogP contribution in [0.4, 0.5) is 5.69 Å². The van der Waals surface area contributed by atoms with E-state index in [9.17, 15) is 13.2 Å². The number of anilines is 1. The largest absolute Gasteiger partial charge is 0.497 e. The molecule has 1 aromatic rings. The molecule has 0 aliphatic rings. The summed E-state index contributed by atoms with van der Waals surface area (Å²) in [5, 5.41) is 2.73. The van der Waals surface area contributed by atoms with Crippen molar-refractivity contribution >= 4 is 21.6 Å². The van der Waals surface area contributed by atoms with Gasteiger partial charge in [0.15, 0.2) is 0 Å². The van der Waals surface area contributed by atoms with Gasteiger partial charge in [-0.1, -0.05) is 6.92 Å². The molecule has 1 amide bonds. The van der Waals surface area contributed by atoms with Crippen LogP contribution in [0, 0.1) is 0 Å². The van der Waals surface area contributed by atoms with E-state index in [-0.39, 0.29) is 18.9 Å². The van der Waals surface area contributed by atoms with E-state index in [1.54, 1.807) is 31.4 Å². The zero-order chi connectivity index (χ0) is 15.9. The molecule has 0 radical (unpaired) electrons. The molecule has 0 aliphatic carbocycles. The Morgan fingerprint density at radius 2 is 1.90 bits per heavy atom. The lowest BCUT2D eigenvalue weighted by molar-refractivity contribution is -0.120. The van der Waals surface area contributed by atoms with Crippen molar-refractivity contribution in [1.29, 1.82) is 0 Å². The number of rotatable bonds is 8. The Kier molecular flexibility index (Phi) is 6.48. The quantitative estimate of drug-likeness (QED) is 0.786. The Morgan fingerprint density at radius 1 is 1.29 bits per heavy atom. The lowest BCUT2D eigenvalue weighted by atomic mass is 10.3. The molecular formula is C14H22N2O4S. The monoisotopic (exact) mass is 314 g/mol. The van der Waals surface area contributed by atoms with Crippen LogP contribution in [0.15, 0.2) is 24.3 Å². The SMILES string of the molecule is CCCNC(=O)CCN(c1ccc(OC)cc1)S(C)(=O)=O. The van der Waals surface area contributed by atoms with Crippen molar-refractivity contribution < 1.29 is 17.9 Å². The number of hydrogen-bond acceptors (Lipinski definition) is 4. The average Bonchev–Trinajstić information content (AvgIpc) is 2.44. The Balaban J connectivity index is 2.79. The van der Waals surface area contributed by atoms with Gasteiger partial charge in [-0.05, 0) is 30.7 Å². The highest BCUT2D eigenvalue weighted by atomic mass is 32.2. The predicted octanol–water partition coefficient (Wildman–Crippen LogP) is 1.38. The highest BCUT2D eigenvalue weighted by Gasteiger charge is 2.18. The van der Waals surface area contributed by atoms with Crippen molar-refractivity contribution in [3.8, 4) is 5.75 Å². The van der Waals surface area contributed by atoms with Crippen LogP contribution in [0.5, 0.6) is 5.75 Å². The van der Waals surface area contributed by atoms with Gasteiger partial charge in [0.25, 0.3) is 0 Å². The van der Waals surface area contributed by atoms with Gasteiger partial charge in [0.05, 0.1) is 19.1 Å². The molecule has 118 valence electrons. The molecule has 0 atom stereocenters. The van der Waals surface area contributed by atoms with Crippen LogP contribution in [0.25, 0.3) is 0 Å². The summed E-state index contributed by atoms with van der Waals surface area (Å²) in [5.41, 5.74) is 0.515. The maximum absolute atomic E-state index is 11.9. The van der Waals surface area contributed by atoms with E-state index >= 15 is 0 Å². The second-order valence-corrected chi connectivity index (χ2v) is 6.54. The first-order valence-electron chi connectivity index (χ1n) is 6.77. The van der Waals surface area contributed by atoms with Crippen LogP contribution in [0.2, 0.25) is 0 Å². The number of hydrogen-bond donors (Lipinski definition) is 1. The minimum absolute atomic E-state index is 0.112. The van der Waals surface area contributed by atoms with E-state index in [0.29, 0.717) is 18.0 Å². The van der Waals surface area contributed by atoms with Gasteiger partial charge in [-0.25, -0.2) is 8.42 Å². The first-order valence-corrected chi connectivity index (χ1v) is 8.61. The third kappa shape index (κ3) is 5.63. The summed E-state index contributed by atoms with van der Waals surface area (Å²) in [5.74, 6) is 0.493. The van der Waals surface area contributed by atoms with Gasteiger partial charge in [-0.15, -0.1) is 0 Å². The van der Waals surface area contributed by atoms with Crippen molar-refractivity contribution in [2.75, 3.05) is 30.8 Å². The van der Waals surface area contributed by atoms with Crippen LogP contribution >= 0.6 is 0 Å². The number of nitrogens with zero attached hydrogens (tertiary/aromatic N) is 1. The molecule has 0 bridgehead atoms. The number of sulfonamides is 1. The van der Waals surface area contributed by atoms with E-state index in [2.05, 4.69) is 5.32 Å². The molecule has 21 heavy (non-hydrogen) atoms. The fraction of sp³-hybridized carbons (Fsp3) is 0.500. The van der Waals surface area contributed by atoms with Gasteiger partial charge >= 0.3 is 0 Å². The molecular weight excluding hydrogens is 292 g/mol. The highest BCUT2D eigenvalue weighted by molar-refractivity contribution is 7.92. The maximum atomic E-state index is 11.9. The fourth-order valence-corrected chi connectivity index (χ4v) is 2.72. The lowest BCUT2D eigenvalue weighted by Crippen LogP contribution is -2.34. The van der Waals surface area contributed by atoms with E-state index in [0.717, 1.165) is 12.7 Å². The molecule has 0 fully saturated rings. The molecule has 1 aromatic carbocycles. The van der Waals surface area contributed by atoms with E-state index < -0.39 is 10.0 Å². The number of nitrogens with one attached hydrogen (secondary N) is 1. The van der Waals surface area contributed by atoms with Gasteiger partial charge in [-0.3, -0.25) is 9.10 Å². The molecule has 0 aromatic heterocycles. The summed E-state index contributed by atoms with van der Waals surface area (Å²) in [4.78, 5) is 11.6. The summed E-state index contributed by atoms with van der Waals surface area (Å²) in [6, 6.07) is 6.68. The fourth-order valence-electron chi connectivity index (χ4n) is 1.79. The molecule has 1 N–H and O–H groups in total. The second-order valence-electron chi connectivity index (χ2n) is 4.63. The number of methoxy groups -OCH3 is 1. The normalized spacial score (nSPS) is 11.0. The second kappa shape index (κ2) is 7.87. The van der Waals surface area contributed by atoms with Crippen LogP contribution in [-0.4, -0.2) is 40.8 Å². The van der Waals surface area contributed by atoms with Crippen molar-refractivity contribution in [1.82, 2.24) is 5.32 Å². The van der Waals surface area contributed by atoms with Crippen molar-refractivity contribution in [2.24, 2.45) is 0 Å². The summed E-state index contributed by atoms with van der Waals surface area (Å²) in [7, 11) is -1.90.